The summed E-state index contributed by atoms with van der Waals surface area (Å²) in [5.41, 5.74) is 5.49. The Balaban J connectivity index is 1.70. The zero-order valence-electron chi connectivity index (χ0n) is 18.5. The number of fused-ring (bicyclic) bond motifs is 3. The van der Waals surface area contributed by atoms with E-state index in [1.165, 1.54) is 12.4 Å². The molecule has 11 heteroatoms. The highest BCUT2D eigenvalue weighted by atomic mass is 16.6. The van der Waals surface area contributed by atoms with E-state index >= 15 is 0 Å². The largest absolute Gasteiger partial charge is 0.487 e. The Labute approximate surface area is 191 Å². The lowest BCUT2D eigenvalue weighted by atomic mass is 9.92. The lowest BCUT2D eigenvalue weighted by Crippen LogP contribution is -2.47. The second kappa shape index (κ2) is 9.61. The van der Waals surface area contributed by atoms with Crippen LogP contribution >= 0.6 is 0 Å². The number of nitrogens with one attached hydrogen (secondary N) is 1. The maximum absolute atomic E-state index is 12.8. The van der Waals surface area contributed by atoms with Crippen molar-refractivity contribution < 1.29 is 28.8 Å². The standard InChI is InChI=1S/C22H27N5O6/c1-22(29)16-3-4-17-19(33-10-8-31-6-5-30-7-9-32-17)15(16)11-18(27(22)2)26-20(28)14-12-24-21(23)25-13-14/h3-4,11-13,29H,5-10H2,1-2H3,(H,26,28)(H2,23,24,25). The minimum Gasteiger partial charge on any atom is -0.487 e. The Bertz CT molecular complexity index is 1040. The van der Waals surface area contributed by atoms with Crippen molar-refractivity contribution in [2.24, 2.45) is 0 Å². The molecule has 0 radical (unpaired) electrons. The summed E-state index contributed by atoms with van der Waals surface area (Å²) in [6.07, 6.45) is 4.40. The van der Waals surface area contributed by atoms with Crippen molar-refractivity contribution in [3.05, 3.63) is 47.0 Å². The fraction of sp³-hybridized carbons (Fsp3) is 0.409. The summed E-state index contributed by atoms with van der Waals surface area (Å²) in [5, 5.41) is 14.1. The SMILES string of the molecule is CN1C(NC(=O)c2cnc(N)nc2)=Cc2c(ccc3c2OCCOCCOCCO3)C1(C)O. The maximum atomic E-state index is 12.8. The van der Waals surface area contributed by atoms with E-state index in [0.717, 1.165) is 0 Å². The van der Waals surface area contributed by atoms with E-state index in [2.05, 4.69) is 15.3 Å². The van der Waals surface area contributed by atoms with Crippen LogP contribution in [0.3, 0.4) is 0 Å². The number of ether oxygens (including phenoxy) is 4. The van der Waals surface area contributed by atoms with Gasteiger partial charge in [-0.3, -0.25) is 4.79 Å². The number of nitrogens with two attached hydrogens (primary N) is 1. The first-order valence-corrected chi connectivity index (χ1v) is 10.5. The van der Waals surface area contributed by atoms with Crippen molar-refractivity contribution in [1.82, 2.24) is 20.2 Å². The van der Waals surface area contributed by atoms with Crippen LogP contribution in [0.1, 0.15) is 28.4 Å². The summed E-state index contributed by atoms with van der Waals surface area (Å²) >= 11 is 0. The quantitative estimate of drug-likeness (QED) is 0.590. The molecule has 11 nitrogen and oxygen atoms in total. The van der Waals surface area contributed by atoms with Gasteiger partial charge in [-0.05, 0) is 25.1 Å². The molecule has 0 saturated heterocycles. The Hall–Kier alpha value is -3.41. The molecule has 1 amide bonds. The second-order valence-corrected chi connectivity index (χ2v) is 7.67. The zero-order chi connectivity index (χ0) is 23.4. The van der Waals surface area contributed by atoms with E-state index in [9.17, 15) is 9.90 Å². The van der Waals surface area contributed by atoms with E-state index < -0.39 is 11.6 Å². The molecule has 1 aromatic carbocycles. The molecule has 4 N–H and O–H groups in total. The first kappa shape index (κ1) is 22.8. The molecule has 2 aliphatic heterocycles. The molecule has 0 spiro atoms. The lowest BCUT2D eigenvalue weighted by Gasteiger charge is -2.41. The summed E-state index contributed by atoms with van der Waals surface area (Å²) in [6, 6.07) is 3.53. The fourth-order valence-electron chi connectivity index (χ4n) is 3.55. The molecule has 33 heavy (non-hydrogen) atoms. The molecule has 0 saturated carbocycles. The van der Waals surface area contributed by atoms with Gasteiger partial charge in [0.15, 0.2) is 17.2 Å². The third-order valence-electron chi connectivity index (χ3n) is 5.47. The molecule has 0 fully saturated rings. The van der Waals surface area contributed by atoms with Crippen LogP contribution < -0.4 is 20.5 Å². The number of nitrogens with zero attached hydrogens (tertiary/aromatic N) is 3. The molecular weight excluding hydrogens is 430 g/mol. The van der Waals surface area contributed by atoms with Crippen molar-refractivity contribution in [3.63, 3.8) is 0 Å². The minimum atomic E-state index is -1.44. The number of benzene rings is 1. The number of amides is 1. The first-order chi connectivity index (χ1) is 15.9. The van der Waals surface area contributed by atoms with Gasteiger partial charge in [0.05, 0.1) is 32.0 Å². The fourth-order valence-corrected chi connectivity index (χ4v) is 3.55. The highest BCUT2D eigenvalue weighted by Gasteiger charge is 2.38. The highest BCUT2D eigenvalue weighted by Crippen LogP contribution is 2.44. The number of anilines is 1. The Kier molecular flexibility index (Phi) is 6.63. The van der Waals surface area contributed by atoms with Gasteiger partial charge in [-0.2, -0.15) is 0 Å². The van der Waals surface area contributed by atoms with Crippen LogP contribution in [0.5, 0.6) is 11.5 Å². The van der Waals surface area contributed by atoms with Gasteiger partial charge in [-0.15, -0.1) is 0 Å². The summed E-state index contributed by atoms with van der Waals surface area (Å²) in [4.78, 5) is 22.0. The predicted octanol–water partition coefficient (Wildman–Crippen LogP) is 0.702. The molecule has 2 aliphatic rings. The van der Waals surface area contributed by atoms with Crippen LogP contribution in [0, 0.1) is 0 Å². The monoisotopic (exact) mass is 457 g/mol. The van der Waals surface area contributed by atoms with E-state index in [-0.39, 0.29) is 18.1 Å². The van der Waals surface area contributed by atoms with Gasteiger partial charge in [0, 0.05) is 30.6 Å². The van der Waals surface area contributed by atoms with Crippen molar-refractivity contribution >= 4 is 17.9 Å². The van der Waals surface area contributed by atoms with Crippen LogP contribution in [0.4, 0.5) is 5.95 Å². The number of aromatic nitrogens is 2. The van der Waals surface area contributed by atoms with Crippen LogP contribution in [0.15, 0.2) is 30.3 Å². The summed E-state index contributed by atoms with van der Waals surface area (Å²) in [5.74, 6) is 0.937. The molecule has 0 bridgehead atoms. The van der Waals surface area contributed by atoms with Crippen LogP contribution in [-0.2, 0) is 15.2 Å². The maximum Gasteiger partial charge on any atom is 0.259 e. The predicted molar refractivity (Wildman–Crippen MR) is 118 cm³/mol. The van der Waals surface area contributed by atoms with E-state index in [4.69, 9.17) is 24.7 Å². The van der Waals surface area contributed by atoms with Crippen LogP contribution in [-0.4, -0.2) is 72.6 Å². The van der Waals surface area contributed by atoms with E-state index in [0.29, 0.717) is 61.5 Å². The number of nitrogen functional groups attached to an aromatic ring is 1. The Morgan fingerprint density at radius 2 is 1.73 bits per heavy atom. The van der Waals surface area contributed by atoms with Gasteiger partial charge < -0.3 is 40.0 Å². The number of hydrogen-bond donors (Lipinski definition) is 3. The lowest BCUT2D eigenvalue weighted by molar-refractivity contribution is -0.0716. The summed E-state index contributed by atoms with van der Waals surface area (Å²) < 4.78 is 22.9. The van der Waals surface area contributed by atoms with Crippen molar-refractivity contribution in [1.29, 1.82) is 0 Å². The van der Waals surface area contributed by atoms with E-state index in [1.54, 1.807) is 37.1 Å². The first-order valence-electron chi connectivity index (χ1n) is 10.5. The number of rotatable bonds is 2. The molecular formula is C22H27N5O6. The van der Waals surface area contributed by atoms with Gasteiger partial charge in [-0.1, -0.05) is 0 Å². The topological polar surface area (TPSA) is 141 Å². The number of hydrogen-bond acceptors (Lipinski definition) is 10. The molecule has 2 aromatic rings. The molecule has 0 aliphatic carbocycles. The summed E-state index contributed by atoms with van der Waals surface area (Å²) in [6.45, 7) is 3.97. The number of aliphatic hydroxyl groups is 1. The molecule has 1 unspecified atom stereocenters. The van der Waals surface area contributed by atoms with Crippen molar-refractivity contribution in [3.8, 4) is 11.5 Å². The molecule has 1 aromatic heterocycles. The third-order valence-corrected chi connectivity index (χ3v) is 5.47. The molecule has 1 atom stereocenters. The molecule has 176 valence electrons. The normalized spacial score (nSPS) is 21.2. The smallest absolute Gasteiger partial charge is 0.259 e. The van der Waals surface area contributed by atoms with Gasteiger partial charge >= 0.3 is 0 Å². The van der Waals surface area contributed by atoms with Gasteiger partial charge in [-0.25, -0.2) is 9.97 Å². The molecule has 4 rings (SSSR count). The average molecular weight is 457 g/mol. The number of carbonyl (C=O) groups is 1. The highest BCUT2D eigenvalue weighted by molar-refractivity contribution is 5.95. The van der Waals surface area contributed by atoms with E-state index in [1.807, 2.05) is 0 Å². The Morgan fingerprint density at radius 3 is 2.42 bits per heavy atom. The van der Waals surface area contributed by atoms with Crippen LogP contribution in [0.2, 0.25) is 0 Å². The van der Waals surface area contributed by atoms with Crippen molar-refractivity contribution in [2.75, 3.05) is 52.4 Å². The van der Waals surface area contributed by atoms with Gasteiger partial charge in [0.25, 0.3) is 5.91 Å². The zero-order valence-corrected chi connectivity index (χ0v) is 18.5. The average Bonchev–Trinajstić information content (AvgIpc) is 2.78. The Morgan fingerprint density at radius 1 is 1.09 bits per heavy atom. The van der Waals surface area contributed by atoms with Gasteiger partial charge in [0.2, 0.25) is 5.95 Å². The van der Waals surface area contributed by atoms with Gasteiger partial charge in [0.1, 0.15) is 19.0 Å². The van der Waals surface area contributed by atoms with Crippen molar-refractivity contribution in [2.45, 2.75) is 12.6 Å². The summed E-state index contributed by atoms with van der Waals surface area (Å²) in [7, 11) is 1.68. The third kappa shape index (κ3) is 4.85. The molecule has 3 heterocycles. The van der Waals surface area contributed by atoms with Crippen LogP contribution in [0.25, 0.3) is 6.08 Å². The minimum absolute atomic E-state index is 0.0702. The second-order valence-electron chi connectivity index (χ2n) is 7.67. The number of carbonyl (C=O) groups excluding carboxylic acids is 1.